The van der Waals surface area contributed by atoms with Gasteiger partial charge >= 0.3 is 0 Å². The first kappa shape index (κ1) is 7.85. The van der Waals surface area contributed by atoms with Crippen LogP contribution in [0.1, 0.15) is 0 Å². The van der Waals surface area contributed by atoms with Gasteiger partial charge in [-0.25, -0.2) is 4.39 Å². The predicted molar refractivity (Wildman–Crippen MR) is 39.6 cm³/mol. The quantitative estimate of drug-likeness (QED) is 0.666. The zero-order valence-corrected chi connectivity index (χ0v) is 6.21. The van der Waals surface area contributed by atoms with E-state index in [1.54, 1.807) is 31.4 Å². The van der Waals surface area contributed by atoms with Crippen LogP contribution in [-0.2, 0) is 0 Å². The third kappa shape index (κ3) is 2.11. The minimum Gasteiger partial charge on any atom is -0.497 e. The fourth-order valence-corrected chi connectivity index (χ4v) is 0.754. The van der Waals surface area contributed by atoms with Crippen molar-refractivity contribution in [2.45, 2.75) is 0 Å². The molecule has 0 saturated heterocycles. The Morgan fingerprint density at radius 1 is 1.36 bits per heavy atom. The third-order valence-electron chi connectivity index (χ3n) is 1.26. The van der Waals surface area contributed by atoms with Gasteiger partial charge in [-0.3, -0.25) is 0 Å². The molecule has 1 rings (SSSR count). The van der Waals surface area contributed by atoms with Gasteiger partial charge in [0.25, 0.3) is 0 Å². The molecular formula is C8H9FO2. The molecule has 1 aromatic carbocycles. The normalized spacial score (nSPS) is 9.27. The van der Waals surface area contributed by atoms with Gasteiger partial charge in [0, 0.05) is 6.07 Å². The Labute approximate surface area is 64.6 Å². The maximum absolute atomic E-state index is 11.7. The lowest BCUT2D eigenvalue weighted by atomic mass is 10.3. The molecule has 3 heteroatoms. The number of hydrogen-bond donors (Lipinski definition) is 0. The van der Waals surface area contributed by atoms with Crippen LogP contribution in [0.4, 0.5) is 4.39 Å². The maximum Gasteiger partial charge on any atom is 0.228 e. The highest BCUT2D eigenvalue weighted by Crippen LogP contribution is 2.18. The Morgan fingerprint density at radius 3 is 2.73 bits per heavy atom. The molecule has 2 nitrogen and oxygen atoms in total. The molecule has 0 atom stereocenters. The minimum absolute atomic E-state index is 0.479. The number of methoxy groups -OCH3 is 1. The molecule has 0 saturated carbocycles. The fraction of sp³-hybridized carbons (Fsp3) is 0.250. The van der Waals surface area contributed by atoms with Crippen LogP contribution in [0.15, 0.2) is 24.3 Å². The molecule has 0 aliphatic rings. The van der Waals surface area contributed by atoms with Crippen LogP contribution in [0.2, 0.25) is 0 Å². The molecule has 0 N–H and O–H groups in total. The van der Waals surface area contributed by atoms with E-state index in [1.165, 1.54) is 0 Å². The van der Waals surface area contributed by atoms with E-state index in [0.29, 0.717) is 11.5 Å². The van der Waals surface area contributed by atoms with E-state index >= 15 is 0 Å². The highest BCUT2D eigenvalue weighted by molar-refractivity contribution is 5.32. The molecule has 0 bridgehead atoms. The number of halogens is 1. The largest absolute Gasteiger partial charge is 0.497 e. The number of rotatable bonds is 3. The summed E-state index contributed by atoms with van der Waals surface area (Å²) < 4.78 is 21.2. The van der Waals surface area contributed by atoms with Crippen molar-refractivity contribution in [1.29, 1.82) is 0 Å². The summed E-state index contributed by atoms with van der Waals surface area (Å²) in [5.74, 6) is 1.14. The van der Waals surface area contributed by atoms with Crippen LogP contribution in [0, 0.1) is 0 Å². The molecule has 0 amide bonds. The van der Waals surface area contributed by atoms with Crippen molar-refractivity contribution in [1.82, 2.24) is 0 Å². The summed E-state index contributed by atoms with van der Waals surface area (Å²) in [6.07, 6.45) is 0. The minimum atomic E-state index is -0.812. The predicted octanol–water partition coefficient (Wildman–Crippen LogP) is 2.00. The molecule has 0 radical (unpaired) electrons. The van der Waals surface area contributed by atoms with E-state index in [4.69, 9.17) is 4.74 Å². The Hall–Kier alpha value is -1.25. The van der Waals surface area contributed by atoms with Crippen LogP contribution in [0.5, 0.6) is 11.5 Å². The smallest absolute Gasteiger partial charge is 0.228 e. The monoisotopic (exact) mass is 156 g/mol. The standard InChI is InChI=1S/C8H9FO2/c1-10-7-3-2-4-8(5-7)11-6-9/h2-5H,6H2,1H3. The zero-order chi connectivity index (χ0) is 8.10. The van der Waals surface area contributed by atoms with Crippen LogP contribution < -0.4 is 9.47 Å². The van der Waals surface area contributed by atoms with Gasteiger partial charge < -0.3 is 9.47 Å². The topological polar surface area (TPSA) is 18.5 Å². The maximum atomic E-state index is 11.7. The molecular weight excluding hydrogens is 147 g/mol. The molecule has 11 heavy (non-hydrogen) atoms. The molecule has 0 spiro atoms. The van der Waals surface area contributed by atoms with E-state index in [0.717, 1.165) is 0 Å². The highest BCUT2D eigenvalue weighted by Gasteiger charge is 1.94. The summed E-state index contributed by atoms with van der Waals surface area (Å²) in [7, 11) is 1.55. The van der Waals surface area contributed by atoms with Crippen molar-refractivity contribution in [3.05, 3.63) is 24.3 Å². The second kappa shape index (κ2) is 3.81. The van der Waals surface area contributed by atoms with Gasteiger partial charge in [-0.2, -0.15) is 0 Å². The summed E-state index contributed by atoms with van der Waals surface area (Å²) in [4.78, 5) is 0. The summed E-state index contributed by atoms with van der Waals surface area (Å²) in [5, 5.41) is 0. The zero-order valence-electron chi connectivity index (χ0n) is 6.21. The van der Waals surface area contributed by atoms with Crippen molar-refractivity contribution >= 4 is 0 Å². The van der Waals surface area contributed by atoms with Crippen LogP contribution in [0.3, 0.4) is 0 Å². The molecule has 0 aliphatic carbocycles. The van der Waals surface area contributed by atoms with Crippen LogP contribution >= 0.6 is 0 Å². The van der Waals surface area contributed by atoms with Gasteiger partial charge in [-0.15, -0.1) is 0 Å². The molecule has 0 aliphatic heterocycles. The number of alkyl halides is 1. The Kier molecular flexibility index (Phi) is 2.72. The second-order valence-corrected chi connectivity index (χ2v) is 1.93. The summed E-state index contributed by atoms with van der Waals surface area (Å²) in [6.45, 7) is -0.812. The highest BCUT2D eigenvalue weighted by atomic mass is 19.1. The Bertz CT molecular complexity index is 225. The van der Waals surface area contributed by atoms with E-state index < -0.39 is 6.86 Å². The molecule has 60 valence electrons. The lowest BCUT2D eigenvalue weighted by Gasteiger charge is -2.02. The van der Waals surface area contributed by atoms with Crippen molar-refractivity contribution in [2.24, 2.45) is 0 Å². The summed E-state index contributed by atoms with van der Waals surface area (Å²) >= 11 is 0. The van der Waals surface area contributed by atoms with Gasteiger partial charge in [0.05, 0.1) is 7.11 Å². The molecule has 0 heterocycles. The molecule has 1 aromatic rings. The lowest BCUT2D eigenvalue weighted by Crippen LogP contribution is -1.90. The first-order valence-corrected chi connectivity index (χ1v) is 3.19. The summed E-state index contributed by atoms with van der Waals surface area (Å²) in [5.41, 5.74) is 0. The van der Waals surface area contributed by atoms with Crippen LogP contribution in [0.25, 0.3) is 0 Å². The van der Waals surface area contributed by atoms with Gasteiger partial charge in [0.1, 0.15) is 11.5 Å². The number of ether oxygens (including phenoxy) is 2. The van der Waals surface area contributed by atoms with E-state index in [1.807, 2.05) is 0 Å². The van der Waals surface area contributed by atoms with Crippen molar-refractivity contribution in [3.63, 3.8) is 0 Å². The van der Waals surface area contributed by atoms with Gasteiger partial charge in [0.15, 0.2) is 0 Å². The van der Waals surface area contributed by atoms with E-state index in [-0.39, 0.29) is 0 Å². The molecule has 0 fully saturated rings. The van der Waals surface area contributed by atoms with Gasteiger partial charge in [-0.05, 0) is 12.1 Å². The molecule has 0 unspecified atom stereocenters. The average Bonchev–Trinajstić information content (AvgIpc) is 2.06. The van der Waals surface area contributed by atoms with Gasteiger partial charge in [-0.1, -0.05) is 6.07 Å². The summed E-state index contributed by atoms with van der Waals surface area (Å²) in [6, 6.07) is 6.80. The van der Waals surface area contributed by atoms with E-state index in [9.17, 15) is 4.39 Å². The van der Waals surface area contributed by atoms with E-state index in [2.05, 4.69) is 4.74 Å². The lowest BCUT2D eigenvalue weighted by molar-refractivity contribution is 0.191. The number of hydrogen-bond acceptors (Lipinski definition) is 2. The first-order valence-electron chi connectivity index (χ1n) is 3.19. The van der Waals surface area contributed by atoms with Crippen LogP contribution in [-0.4, -0.2) is 14.0 Å². The third-order valence-corrected chi connectivity index (χ3v) is 1.26. The van der Waals surface area contributed by atoms with Crippen molar-refractivity contribution in [2.75, 3.05) is 14.0 Å². The number of benzene rings is 1. The van der Waals surface area contributed by atoms with Crippen molar-refractivity contribution in [3.8, 4) is 11.5 Å². The Balaban J connectivity index is 2.74. The average molecular weight is 156 g/mol. The Morgan fingerprint density at radius 2 is 2.09 bits per heavy atom. The SMILES string of the molecule is COc1cccc(OCF)c1. The van der Waals surface area contributed by atoms with Crippen molar-refractivity contribution < 1.29 is 13.9 Å². The second-order valence-electron chi connectivity index (χ2n) is 1.93. The van der Waals surface area contributed by atoms with Gasteiger partial charge in [0.2, 0.25) is 6.86 Å². The molecule has 0 aromatic heterocycles. The fourth-order valence-electron chi connectivity index (χ4n) is 0.754. The first-order chi connectivity index (χ1) is 5.36.